The molecule has 0 aliphatic carbocycles. The zero-order valence-corrected chi connectivity index (χ0v) is 11.4. The minimum atomic E-state index is -0.523. The Bertz CT molecular complexity index is 271. The van der Waals surface area contributed by atoms with Gasteiger partial charge in [0.25, 0.3) is 0 Å². The number of hydrogen-bond acceptors (Lipinski definition) is 4. The summed E-state index contributed by atoms with van der Waals surface area (Å²) < 4.78 is 4.53. The Hall–Kier alpha value is -1.10. The van der Waals surface area contributed by atoms with E-state index < -0.39 is 6.04 Å². The summed E-state index contributed by atoms with van der Waals surface area (Å²) in [4.78, 5) is 24.4. The topological polar surface area (TPSA) is 72.6 Å². The molecule has 0 rings (SSSR count). The van der Waals surface area contributed by atoms with Crippen molar-refractivity contribution in [2.24, 2.45) is 11.1 Å². The van der Waals surface area contributed by atoms with Gasteiger partial charge in [-0.15, -0.1) is 0 Å². The second kappa shape index (κ2) is 6.59. The molecule has 1 unspecified atom stereocenters. The molecule has 1 amide bonds. The van der Waals surface area contributed by atoms with Crippen LogP contribution >= 0.6 is 0 Å². The number of rotatable bonds is 5. The van der Waals surface area contributed by atoms with E-state index in [1.807, 2.05) is 20.8 Å². The van der Waals surface area contributed by atoms with Crippen molar-refractivity contribution in [3.8, 4) is 0 Å². The second-order valence-corrected chi connectivity index (χ2v) is 5.28. The first-order chi connectivity index (χ1) is 7.70. The molecule has 0 spiro atoms. The van der Waals surface area contributed by atoms with Gasteiger partial charge in [-0.3, -0.25) is 9.59 Å². The number of carbonyl (C=O) groups excluding carboxylic acids is 2. The molecular weight excluding hydrogens is 220 g/mol. The minimum absolute atomic E-state index is 0.0950. The van der Waals surface area contributed by atoms with Crippen molar-refractivity contribution >= 4 is 11.9 Å². The first-order valence-electron chi connectivity index (χ1n) is 5.77. The Labute approximate surface area is 103 Å². The fraction of sp³-hybridized carbons (Fsp3) is 0.833. The van der Waals surface area contributed by atoms with Crippen molar-refractivity contribution in [2.75, 3.05) is 20.7 Å². The van der Waals surface area contributed by atoms with Crippen molar-refractivity contribution in [3.05, 3.63) is 0 Å². The third kappa shape index (κ3) is 5.68. The largest absolute Gasteiger partial charge is 0.469 e. The van der Waals surface area contributed by atoms with E-state index in [2.05, 4.69) is 4.74 Å². The third-order valence-corrected chi connectivity index (χ3v) is 2.68. The van der Waals surface area contributed by atoms with Gasteiger partial charge in [0.2, 0.25) is 5.91 Å². The lowest BCUT2D eigenvalue weighted by molar-refractivity contribution is -0.141. The third-order valence-electron chi connectivity index (χ3n) is 2.68. The van der Waals surface area contributed by atoms with Gasteiger partial charge in [-0.05, 0) is 11.8 Å². The van der Waals surface area contributed by atoms with Crippen LogP contribution in [0, 0.1) is 5.41 Å². The van der Waals surface area contributed by atoms with Gasteiger partial charge >= 0.3 is 5.97 Å². The van der Waals surface area contributed by atoms with Crippen molar-refractivity contribution < 1.29 is 14.3 Å². The average molecular weight is 244 g/mol. The summed E-state index contributed by atoms with van der Waals surface area (Å²) >= 11 is 0. The fourth-order valence-corrected chi connectivity index (χ4v) is 1.28. The molecular formula is C12H24N2O3. The molecule has 0 aromatic rings. The number of ether oxygens (including phenoxy) is 1. The SMILES string of the molecule is COC(=O)CCCN(C)C(=O)C(N)C(C)(C)C. The van der Waals surface area contributed by atoms with Gasteiger partial charge in [-0.1, -0.05) is 20.8 Å². The van der Waals surface area contributed by atoms with E-state index in [1.54, 1.807) is 11.9 Å². The van der Waals surface area contributed by atoms with Crippen LogP contribution in [0.2, 0.25) is 0 Å². The highest BCUT2D eigenvalue weighted by atomic mass is 16.5. The standard InChI is InChI=1S/C12H24N2O3/c1-12(2,3)10(13)11(16)14(4)8-6-7-9(15)17-5/h10H,6-8,13H2,1-5H3. The van der Waals surface area contributed by atoms with E-state index in [-0.39, 0.29) is 17.3 Å². The number of likely N-dealkylation sites (N-methyl/N-ethyl adjacent to an activating group) is 1. The molecule has 2 N–H and O–H groups in total. The van der Waals surface area contributed by atoms with E-state index >= 15 is 0 Å². The van der Waals surface area contributed by atoms with Gasteiger partial charge in [-0.25, -0.2) is 0 Å². The quantitative estimate of drug-likeness (QED) is 0.725. The van der Waals surface area contributed by atoms with Crippen molar-refractivity contribution in [1.82, 2.24) is 4.90 Å². The smallest absolute Gasteiger partial charge is 0.305 e. The normalized spacial score (nSPS) is 13.1. The van der Waals surface area contributed by atoms with Crippen LogP contribution in [0.4, 0.5) is 0 Å². The number of esters is 1. The van der Waals surface area contributed by atoms with Gasteiger partial charge in [0.15, 0.2) is 0 Å². The molecule has 0 heterocycles. The van der Waals surface area contributed by atoms with Crippen LogP contribution in [0.1, 0.15) is 33.6 Å². The molecule has 0 aromatic heterocycles. The highest BCUT2D eigenvalue weighted by Gasteiger charge is 2.29. The van der Waals surface area contributed by atoms with E-state index in [1.165, 1.54) is 7.11 Å². The summed E-state index contributed by atoms with van der Waals surface area (Å²) in [6.07, 6.45) is 0.907. The van der Waals surface area contributed by atoms with Gasteiger partial charge in [0, 0.05) is 20.0 Å². The van der Waals surface area contributed by atoms with Gasteiger partial charge in [-0.2, -0.15) is 0 Å². The summed E-state index contributed by atoms with van der Waals surface area (Å²) in [5, 5.41) is 0. The van der Waals surface area contributed by atoms with Crippen LogP contribution in [0.3, 0.4) is 0 Å². The summed E-state index contributed by atoms with van der Waals surface area (Å²) in [6, 6.07) is -0.523. The molecule has 5 heteroatoms. The van der Waals surface area contributed by atoms with Crippen LogP contribution < -0.4 is 5.73 Å². The molecule has 0 saturated carbocycles. The molecule has 0 saturated heterocycles. The maximum atomic E-state index is 11.9. The van der Waals surface area contributed by atoms with Gasteiger partial charge < -0.3 is 15.4 Å². The predicted octanol–water partition coefficient (Wildman–Crippen LogP) is 0.771. The Morgan fingerprint density at radius 1 is 1.35 bits per heavy atom. The molecule has 1 atom stereocenters. The number of nitrogens with zero attached hydrogens (tertiary/aromatic N) is 1. The van der Waals surface area contributed by atoms with Crippen LogP contribution in [0.15, 0.2) is 0 Å². The highest BCUT2D eigenvalue weighted by molar-refractivity contribution is 5.82. The molecule has 0 radical (unpaired) electrons. The lowest BCUT2D eigenvalue weighted by Gasteiger charge is -2.29. The summed E-state index contributed by atoms with van der Waals surface area (Å²) in [5.41, 5.74) is 5.61. The number of hydrogen-bond donors (Lipinski definition) is 1. The van der Waals surface area contributed by atoms with Gasteiger partial charge in [0.1, 0.15) is 0 Å². The molecule has 0 aromatic carbocycles. The number of carbonyl (C=O) groups is 2. The van der Waals surface area contributed by atoms with Crippen LogP contribution in [-0.4, -0.2) is 43.5 Å². The molecule has 0 aliphatic rings. The van der Waals surface area contributed by atoms with Crippen molar-refractivity contribution in [1.29, 1.82) is 0 Å². The molecule has 0 fully saturated rings. The summed E-state index contributed by atoms with van der Waals surface area (Å²) in [7, 11) is 3.05. The number of amides is 1. The molecule has 0 aliphatic heterocycles. The van der Waals surface area contributed by atoms with Crippen LogP contribution in [-0.2, 0) is 14.3 Å². The monoisotopic (exact) mass is 244 g/mol. The molecule has 100 valence electrons. The van der Waals surface area contributed by atoms with E-state index in [0.29, 0.717) is 19.4 Å². The lowest BCUT2D eigenvalue weighted by atomic mass is 9.86. The van der Waals surface area contributed by atoms with Crippen LogP contribution in [0.25, 0.3) is 0 Å². The Kier molecular flexibility index (Phi) is 6.16. The van der Waals surface area contributed by atoms with E-state index in [4.69, 9.17) is 5.73 Å². The van der Waals surface area contributed by atoms with Crippen molar-refractivity contribution in [3.63, 3.8) is 0 Å². The minimum Gasteiger partial charge on any atom is -0.469 e. The Balaban J connectivity index is 4.11. The van der Waals surface area contributed by atoms with E-state index in [0.717, 1.165) is 0 Å². The molecule has 5 nitrogen and oxygen atoms in total. The zero-order valence-electron chi connectivity index (χ0n) is 11.4. The zero-order chi connectivity index (χ0) is 13.6. The lowest BCUT2D eigenvalue weighted by Crippen LogP contribution is -2.49. The summed E-state index contributed by atoms with van der Waals surface area (Å²) in [5.74, 6) is -0.353. The number of nitrogens with two attached hydrogens (primary N) is 1. The first-order valence-corrected chi connectivity index (χ1v) is 5.77. The summed E-state index contributed by atoms with van der Waals surface area (Å²) in [6.45, 7) is 6.30. The second-order valence-electron chi connectivity index (χ2n) is 5.28. The van der Waals surface area contributed by atoms with Crippen molar-refractivity contribution in [2.45, 2.75) is 39.7 Å². The highest BCUT2D eigenvalue weighted by Crippen LogP contribution is 2.18. The average Bonchev–Trinajstić information content (AvgIpc) is 2.25. The van der Waals surface area contributed by atoms with Gasteiger partial charge in [0.05, 0.1) is 13.2 Å². The number of methoxy groups -OCH3 is 1. The van der Waals surface area contributed by atoms with Crippen LogP contribution in [0.5, 0.6) is 0 Å². The maximum absolute atomic E-state index is 11.9. The first kappa shape index (κ1) is 15.9. The van der Waals surface area contributed by atoms with E-state index in [9.17, 15) is 9.59 Å². The maximum Gasteiger partial charge on any atom is 0.305 e. The molecule has 17 heavy (non-hydrogen) atoms. The predicted molar refractivity (Wildman–Crippen MR) is 66.3 cm³/mol. The Morgan fingerprint density at radius 2 is 1.88 bits per heavy atom. The fourth-order valence-electron chi connectivity index (χ4n) is 1.28. The Morgan fingerprint density at radius 3 is 2.29 bits per heavy atom. The molecule has 0 bridgehead atoms.